The van der Waals surface area contributed by atoms with Crippen molar-refractivity contribution in [2.24, 2.45) is 0 Å². The third-order valence-corrected chi connectivity index (χ3v) is 7.69. The molecule has 0 saturated heterocycles. The third-order valence-electron chi connectivity index (χ3n) is 7.69. The summed E-state index contributed by atoms with van der Waals surface area (Å²) in [6, 6.07) is 29.0. The molecule has 0 saturated carbocycles. The van der Waals surface area contributed by atoms with Gasteiger partial charge in [0.05, 0.1) is 43.8 Å². The summed E-state index contributed by atoms with van der Waals surface area (Å²) in [5.41, 5.74) is 7.93. The predicted octanol–water partition coefficient (Wildman–Crippen LogP) is 6.38. The number of nitrogens with zero attached hydrogens (tertiary/aromatic N) is 1. The zero-order valence-corrected chi connectivity index (χ0v) is 22.2. The Kier molecular flexibility index (Phi) is 6.39. The Bertz CT molecular complexity index is 1840. The monoisotopic (exact) mass is 516 g/mol. The van der Waals surface area contributed by atoms with E-state index in [9.17, 15) is 10.2 Å². The lowest BCUT2D eigenvalue weighted by molar-refractivity contribution is -0.516. The largest absolute Gasteiger partial charge is 0.493 e. The molecular weight excluding hydrogens is 486 g/mol. The molecule has 2 heterocycles. The lowest BCUT2D eigenvalue weighted by Gasteiger charge is -2.16. The molecule has 4 aromatic carbocycles. The minimum Gasteiger partial charge on any atom is -0.493 e. The lowest BCUT2D eigenvalue weighted by Crippen LogP contribution is -2.27. The van der Waals surface area contributed by atoms with Crippen LogP contribution in [0.25, 0.3) is 49.3 Å². The molecule has 5 heteroatoms. The van der Waals surface area contributed by atoms with Gasteiger partial charge in [-0.3, -0.25) is 0 Å². The molecule has 6 aromatic rings. The number of hydrogen-bond donors (Lipinski definition) is 2. The molecule has 2 aromatic heterocycles. The molecule has 0 aliphatic rings. The molecule has 0 bridgehead atoms. The van der Waals surface area contributed by atoms with Crippen LogP contribution < -0.4 is 13.9 Å². The minimum absolute atomic E-state index is 0.135. The van der Waals surface area contributed by atoms with Crippen LogP contribution in [0.1, 0.15) is 16.8 Å². The minimum atomic E-state index is -0.150. The van der Waals surface area contributed by atoms with Crippen LogP contribution >= 0.6 is 0 Å². The van der Waals surface area contributed by atoms with E-state index >= 15 is 0 Å². The third kappa shape index (κ3) is 3.98. The fourth-order valence-corrected chi connectivity index (χ4v) is 5.71. The van der Waals surface area contributed by atoms with Crippen LogP contribution in [0.5, 0.6) is 11.5 Å². The first-order valence-corrected chi connectivity index (χ1v) is 12.9. The van der Waals surface area contributed by atoms with Gasteiger partial charge in [-0.25, -0.2) is 0 Å². The van der Waals surface area contributed by atoms with Gasteiger partial charge in [0.25, 0.3) is 0 Å². The van der Waals surface area contributed by atoms with Crippen molar-refractivity contribution in [3.63, 3.8) is 0 Å². The molecule has 0 aliphatic heterocycles. The van der Waals surface area contributed by atoms with Gasteiger partial charge in [-0.2, -0.15) is 4.40 Å². The fourth-order valence-electron chi connectivity index (χ4n) is 5.71. The second kappa shape index (κ2) is 10.0. The topological polar surface area (TPSA) is 63.0 Å². The van der Waals surface area contributed by atoms with Crippen molar-refractivity contribution in [2.75, 3.05) is 14.2 Å². The maximum atomic E-state index is 10.2. The average Bonchev–Trinajstić information content (AvgIpc) is 3.00. The van der Waals surface area contributed by atoms with Gasteiger partial charge in [0.1, 0.15) is 0 Å². The van der Waals surface area contributed by atoms with Gasteiger partial charge in [0.15, 0.2) is 23.4 Å². The predicted molar refractivity (Wildman–Crippen MR) is 155 cm³/mol. The van der Waals surface area contributed by atoms with E-state index in [0.717, 1.165) is 66.1 Å². The molecule has 6 rings (SSSR count). The molecule has 0 amide bonds. The van der Waals surface area contributed by atoms with Crippen molar-refractivity contribution < 1.29 is 24.1 Å². The number of aliphatic hydroxyl groups excluding tert-OH is 2. The van der Waals surface area contributed by atoms with Gasteiger partial charge >= 0.3 is 0 Å². The Balaban J connectivity index is 1.76. The molecule has 2 N–H and O–H groups in total. The van der Waals surface area contributed by atoms with E-state index in [4.69, 9.17) is 9.47 Å². The molecule has 0 radical (unpaired) electrons. The number of aryl methyl sites for hydroxylation is 1. The summed E-state index contributed by atoms with van der Waals surface area (Å²) in [6.07, 6.45) is 2.06. The van der Waals surface area contributed by atoms with Crippen molar-refractivity contribution in [3.8, 4) is 33.8 Å². The number of pyridine rings is 2. The van der Waals surface area contributed by atoms with Crippen LogP contribution in [0.15, 0.2) is 91.1 Å². The summed E-state index contributed by atoms with van der Waals surface area (Å²) in [5.74, 6) is 1.36. The number of aliphatic hydroxyl groups is 2. The van der Waals surface area contributed by atoms with Crippen LogP contribution in [0.2, 0.25) is 0 Å². The number of fused-ring (bicyclic) bond motifs is 4. The van der Waals surface area contributed by atoms with E-state index in [1.54, 1.807) is 14.2 Å². The van der Waals surface area contributed by atoms with Crippen LogP contribution in [-0.2, 0) is 13.2 Å². The fraction of sp³-hybridized carbons (Fsp3) is 0.147. The van der Waals surface area contributed by atoms with Gasteiger partial charge in [-0.1, -0.05) is 54.6 Å². The Labute approximate surface area is 227 Å². The highest BCUT2D eigenvalue weighted by atomic mass is 16.5. The van der Waals surface area contributed by atoms with Crippen molar-refractivity contribution in [1.82, 2.24) is 0 Å². The normalized spacial score (nSPS) is 11.4. The lowest BCUT2D eigenvalue weighted by atomic mass is 9.90. The first-order valence-electron chi connectivity index (χ1n) is 12.9. The zero-order chi connectivity index (χ0) is 27.1. The molecule has 0 unspecified atom stereocenters. The van der Waals surface area contributed by atoms with E-state index in [0.29, 0.717) is 11.5 Å². The van der Waals surface area contributed by atoms with Crippen molar-refractivity contribution in [2.45, 2.75) is 20.1 Å². The van der Waals surface area contributed by atoms with E-state index in [-0.39, 0.29) is 13.2 Å². The van der Waals surface area contributed by atoms with Crippen LogP contribution in [-0.4, -0.2) is 24.4 Å². The highest BCUT2D eigenvalue weighted by Crippen LogP contribution is 2.41. The molecule has 5 nitrogen and oxygen atoms in total. The molecule has 39 heavy (non-hydrogen) atoms. The summed E-state index contributed by atoms with van der Waals surface area (Å²) in [6.45, 7) is 1.80. The maximum Gasteiger partial charge on any atom is 0.227 e. The number of hydrogen-bond acceptors (Lipinski definition) is 4. The van der Waals surface area contributed by atoms with E-state index < -0.39 is 0 Å². The summed E-state index contributed by atoms with van der Waals surface area (Å²) in [4.78, 5) is 0. The second-order valence-electron chi connectivity index (χ2n) is 9.68. The summed E-state index contributed by atoms with van der Waals surface area (Å²) in [7, 11) is 3.31. The standard InChI is InChI=1S/C34H30NO4/c1-21-29-17-25(19-36)26(20-37)18-30(29)32(24-11-9-23(10-12-24)22-7-5-4-6-8-22)33-27-13-14-31(38-2)34(39-3)28(27)15-16-35(21)33/h4-18,36-37H,19-20H2,1-3H3/q+1. The second-order valence-corrected chi connectivity index (χ2v) is 9.68. The Morgan fingerprint density at radius 3 is 1.92 bits per heavy atom. The van der Waals surface area contributed by atoms with Crippen molar-refractivity contribution in [3.05, 3.63) is 108 Å². The average molecular weight is 517 g/mol. The maximum absolute atomic E-state index is 10.2. The number of methoxy groups -OCH3 is 2. The van der Waals surface area contributed by atoms with Crippen molar-refractivity contribution >= 4 is 27.1 Å². The van der Waals surface area contributed by atoms with Crippen LogP contribution in [0.4, 0.5) is 0 Å². The highest BCUT2D eigenvalue weighted by molar-refractivity contribution is 6.12. The zero-order valence-electron chi connectivity index (χ0n) is 22.2. The van der Waals surface area contributed by atoms with Gasteiger partial charge < -0.3 is 19.7 Å². The van der Waals surface area contributed by atoms with E-state index in [1.807, 2.05) is 36.4 Å². The van der Waals surface area contributed by atoms with Crippen LogP contribution in [0.3, 0.4) is 0 Å². The first-order chi connectivity index (χ1) is 19.1. The van der Waals surface area contributed by atoms with Gasteiger partial charge in [-0.15, -0.1) is 0 Å². The molecular formula is C34H30NO4+. The number of benzene rings is 4. The SMILES string of the molecule is COc1ccc2c(cc[n+]3c(C)c4cc(CO)c(CO)cc4c(-c4ccc(-c5ccccc5)cc4)c23)c1OC. The number of ether oxygens (including phenoxy) is 2. The smallest absolute Gasteiger partial charge is 0.227 e. The molecule has 0 atom stereocenters. The van der Waals surface area contributed by atoms with Gasteiger partial charge in [0.2, 0.25) is 5.52 Å². The highest BCUT2D eigenvalue weighted by Gasteiger charge is 2.25. The summed E-state index contributed by atoms with van der Waals surface area (Å²) >= 11 is 0. The van der Waals surface area contributed by atoms with E-state index in [1.165, 1.54) is 0 Å². The number of aromatic nitrogens is 1. The van der Waals surface area contributed by atoms with E-state index in [2.05, 4.69) is 66.1 Å². The Hall–Kier alpha value is -4.45. The van der Waals surface area contributed by atoms with Crippen molar-refractivity contribution in [1.29, 1.82) is 0 Å². The molecule has 0 aliphatic carbocycles. The first kappa shape index (κ1) is 24.9. The molecule has 0 spiro atoms. The summed E-state index contributed by atoms with van der Waals surface area (Å²) < 4.78 is 13.6. The molecule has 194 valence electrons. The number of rotatable bonds is 6. The summed E-state index contributed by atoms with van der Waals surface area (Å²) in [5, 5.41) is 24.2. The Morgan fingerprint density at radius 2 is 1.28 bits per heavy atom. The molecule has 0 fully saturated rings. The van der Waals surface area contributed by atoms with Crippen LogP contribution in [0, 0.1) is 6.92 Å². The Morgan fingerprint density at radius 1 is 0.641 bits per heavy atom. The van der Waals surface area contributed by atoms with Gasteiger partial charge in [0, 0.05) is 23.8 Å². The van der Waals surface area contributed by atoms with Gasteiger partial charge in [-0.05, 0) is 52.1 Å². The quantitative estimate of drug-likeness (QED) is 0.153.